The number of hydrogen-bond donors (Lipinski definition) is 2. The Morgan fingerprint density at radius 2 is 1.92 bits per heavy atom. The number of rotatable bonds is 4. The highest BCUT2D eigenvalue weighted by Gasteiger charge is 2.24. The van der Waals surface area contributed by atoms with Gasteiger partial charge in [-0.05, 0) is 49.2 Å². The van der Waals surface area contributed by atoms with Crippen LogP contribution in [0, 0.1) is 11.3 Å². The van der Waals surface area contributed by atoms with E-state index in [2.05, 4.69) is 10.6 Å². The quantitative estimate of drug-likeness (QED) is 0.896. The maximum Gasteiger partial charge on any atom is 0.255 e. The number of anilines is 1. The third-order valence-corrected chi connectivity index (χ3v) is 3.96. The predicted octanol–water partition coefficient (Wildman–Crippen LogP) is 3.36. The fraction of sp³-hybridized carbons (Fsp3) is 0.167. The predicted molar refractivity (Wildman–Crippen MR) is 91.1 cm³/mol. The number of hydrogen-bond acceptors (Lipinski definition) is 3. The Labute approximate surface area is 144 Å². The summed E-state index contributed by atoms with van der Waals surface area (Å²) in [5.74, 6) is -0.604. The molecule has 0 radical (unpaired) electrons. The smallest absolute Gasteiger partial charge is 0.255 e. The average molecular weight is 340 g/mol. The van der Waals surface area contributed by atoms with Crippen LogP contribution in [0.15, 0.2) is 42.5 Å². The molecule has 2 N–H and O–H groups in total. The van der Waals surface area contributed by atoms with Crippen LogP contribution in [0.1, 0.15) is 39.1 Å². The van der Waals surface area contributed by atoms with E-state index >= 15 is 0 Å². The lowest BCUT2D eigenvalue weighted by molar-refractivity contribution is 0.0949. The zero-order valence-corrected chi connectivity index (χ0v) is 13.4. The lowest BCUT2D eigenvalue weighted by atomic mass is 10.1. The van der Waals surface area contributed by atoms with Crippen LogP contribution in [0.4, 0.5) is 5.69 Å². The minimum absolute atomic E-state index is 0.223. The summed E-state index contributed by atoms with van der Waals surface area (Å²) < 4.78 is 0. The number of nitrogens with zero attached hydrogens (tertiary/aromatic N) is 1. The SMILES string of the molecule is N#Cc1cccc(C(=O)Nc2ccc(Cl)c(C(=O)NC3CC3)c2)c1. The molecule has 0 bridgehead atoms. The number of nitriles is 1. The summed E-state index contributed by atoms with van der Waals surface area (Å²) in [5, 5.41) is 14.8. The van der Waals surface area contributed by atoms with Crippen molar-refractivity contribution in [1.29, 1.82) is 5.26 Å². The molecule has 2 amide bonds. The molecule has 0 atom stereocenters. The number of halogens is 1. The Balaban J connectivity index is 1.78. The second kappa shape index (κ2) is 6.73. The van der Waals surface area contributed by atoms with Crippen molar-refractivity contribution in [3.63, 3.8) is 0 Å². The van der Waals surface area contributed by atoms with Gasteiger partial charge in [0.2, 0.25) is 0 Å². The van der Waals surface area contributed by atoms with Crippen molar-refractivity contribution in [3.05, 3.63) is 64.2 Å². The molecule has 1 aliphatic carbocycles. The standard InChI is InChI=1S/C18H14ClN3O2/c19-16-7-6-14(9-15(16)18(24)21-13-4-5-13)22-17(23)12-3-1-2-11(8-12)10-20/h1-3,6-9,13H,4-5H2,(H,21,24)(H,22,23). The molecule has 24 heavy (non-hydrogen) atoms. The van der Waals surface area contributed by atoms with Crippen molar-refractivity contribution in [2.24, 2.45) is 0 Å². The van der Waals surface area contributed by atoms with Crippen LogP contribution in [0.5, 0.6) is 0 Å². The van der Waals surface area contributed by atoms with Gasteiger partial charge in [0, 0.05) is 17.3 Å². The number of benzene rings is 2. The van der Waals surface area contributed by atoms with Gasteiger partial charge < -0.3 is 10.6 Å². The maximum absolute atomic E-state index is 12.3. The Bertz CT molecular complexity index is 854. The lowest BCUT2D eigenvalue weighted by Crippen LogP contribution is -2.25. The van der Waals surface area contributed by atoms with E-state index in [1.54, 1.807) is 36.4 Å². The van der Waals surface area contributed by atoms with Gasteiger partial charge in [-0.3, -0.25) is 9.59 Å². The Morgan fingerprint density at radius 3 is 2.62 bits per heavy atom. The molecular formula is C18H14ClN3O2. The van der Waals surface area contributed by atoms with Crippen LogP contribution in [-0.2, 0) is 0 Å². The van der Waals surface area contributed by atoms with Crippen LogP contribution < -0.4 is 10.6 Å². The molecule has 5 nitrogen and oxygen atoms in total. The number of nitrogens with one attached hydrogen (secondary N) is 2. The minimum atomic E-state index is -0.358. The molecule has 1 fully saturated rings. The van der Waals surface area contributed by atoms with Crippen molar-refractivity contribution in [1.82, 2.24) is 5.32 Å². The van der Waals surface area contributed by atoms with E-state index in [9.17, 15) is 9.59 Å². The monoisotopic (exact) mass is 339 g/mol. The molecule has 0 unspecified atom stereocenters. The van der Waals surface area contributed by atoms with Gasteiger partial charge in [-0.1, -0.05) is 17.7 Å². The molecule has 0 aliphatic heterocycles. The molecule has 3 rings (SSSR count). The molecule has 1 aliphatic rings. The fourth-order valence-electron chi connectivity index (χ4n) is 2.20. The van der Waals surface area contributed by atoms with Crippen molar-refractivity contribution in [2.45, 2.75) is 18.9 Å². The first-order chi connectivity index (χ1) is 11.6. The highest BCUT2D eigenvalue weighted by atomic mass is 35.5. The first kappa shape index (κ1) is 16.0. The highest BCUT2D eigenvalue weighted by Crippen LogP contribution is 2.24. The van der Waals surface area contributed by atoms with Gasteiger partial charge in [0.1, 0.15) is 0 Å². The van der Waals surface area contributed by atoms with E-state index in [1.165, 1.54) is 6.07 Å². The summed E-state index contributed by atoms with van der Waals surface area (Å²) in [7, 11) is 0. The Hall–Kier alpha value is -2.84. The van der Waals surface area contributed by atoms with Gasteiger partial charge >= 0.3 is 0 Å². The van der Waals surface area contributed by atoms with E-state index in [1.807, 2.05) is 6.07 Å². The van der Waals surface area contributed by atoms with Crippen molar-refractivity contribution in [3.8, 4) is 6.07 Å². The van der Waals surface area contributed by atoms with E-state index in [-0.39, 0.29) is 17.9 Å². The maximum atomic E-state index is 12.3. The van der Waals surface area contributed by atoms with E-state index in [4.69, 9.17) is 16.9 Å². The molecule has 120 valence electrons. The molecule has 2 aromatic rings. The van der Waals surface area contributed by atoms with E-state index in [0.29, 0.717) is 27.4 Å². The van der Waals surface area contributed by atoms with Crippen LogP contribution in [-0.4, -0.2) is 17.9 Å². The Kier molecular flexibility index (Phi) is 4.50. The molecule has 6 heteroatoms. The second-order valence-corrected chi connectivity index (χ2v) is 6.00. The molecule has 0 spiro atoms. The number of amides is 2. The van der Waals surface area contributed by atoms with Gasteiger partial charge in [-0.25, -0.2) is 0 Å². The number of carbonyl (C=O) groups excluding carboxylic acids is 2. The summed E-state index contributed by atoms with van der Waals surface area (Å²) >= 11 is 6.08. The van der Waals surface area contributed by atoms with Crippen molar-refractivity contribution < 1.29 is 9.59 Å². The van der Waals surface area contributed by atoms with E-state index < -0.39 is 0 Å². The molecule has 0 heterocycles. The summed E-state index contributed by atoms with van der Waals surface area (Å²) in [6.45, 7) is 0. The summed E-state index contributed by atoms with van der Waals surface area (Å²) in [6.07, 6.45) is 1.96. The first-order valence-electron chi connectivity index (χ1n) is 7.49. The fourth-order valence-corrected chi connectivity index (χ4v) is 2.40. The van der Waals surface area contributed by atoms with Crippen LogP contribution in [0.2, 0.25) is 5.02 Å². The minimum Gasteiger partial charge on any atom is -0.349 e. The lowest BCUT2D eigenvalue weighted by Gasteiger charge is -2.10. The zero-order valence-electron chi connectivity index (χ0n) is 12.7. The van der Waals surface area contributed by atoms with Gasteiger partial charge in [0.15, 0.2) is 0 Å². The van der Waals surface area contributed by atoms with Gasteiger partial charge in [0.05, 0.1) is 22.2 Å². The van der Waals surface area contributed by atoms with Gasteiger partial charge in [-0.2, -0.15) is 5.26 Å². The third kappa shape index (κ3) is 3.73. The largest absolute Gasteiger partial charge is 0.349 e. The second-order valence-electron chi connectivity index (χ2n) is 5.59. The molecular weight excluding hydrogens is 326 g/mol. The third-order valence-electron chi connectivity index (χ3n) is 3.64. The van der Waals surface area contributed by atoms with Crippen molar-refractivity contribution >= 4 is 29.1 Å². The van der Waals surface area contributed by atoms with Gasteiger partial charge in [-0.15, -0.1) is 0 Å². The highest BCUT2D eigenvalue weighted by molar-refractivity contribution is 6.34. The normalized spacial score (nSPS) is 13.0. The molecule has 2 aromatic carbocycles. The summed E-state index contributed by atoms with van der Waals surface area (Å²) in [4.78, 5) is 24.4. The molecule has 0 aromatic heterocycles. The van der Waals surface area contributed by atoms with Crippen LogP contribution in [0.25, 0.3) is 0 Å². The van der Waals surface area contributed by atoms with Crippen molar-refractivity contribution in [2.75, 3.05) is 5.32 Å². The first-order valence-corrected chi connectivity index (χ1v) is 7.86. The molecule has 0 saturated heterocycles. The summed E-state index contributed by atoms with van der Waals surface area (Å²) in [5.41, 5.74) is 1.57. The van der Waals surface area contributed by atoms with E-state index in [0.717, 1.165) is 12.8 Å². The topological polar surface area (TPSA) is 82.0 Å². The average Bonchev–Trinajstić information content (AvgIpc) is 3.40. The van der Waals surface area contributed by atoms with Crippen LogP contribution in [0.3, 0.4) is 0 Å². The summed E-state index contributed by atoms with van der Waals surface area (Å²) in [6, 6.07) is 13.4. The molecule has 1 saturated carbocycles. The Morgan fingerprint density at radius 1 is 1.12 bits per heavy atom. The van der Waals surface area contributed by atoms with Gasteiger partial charge in [0.25, 0.3) is 11.8 Å². The zero-order chi connectivity index (χ0) is 17.1. The number of carbonyl (C=O) groups is 2. The van der Waals surface area contributed by atoms with Crippen LogP contribution >= 0.6 is 11.6 Å².